The first-order valence-corrected chi connectivity index (χ1v) is 5.61. The summed E-state index contributed by atoms with van der Waals surface area (Å²) >= 11 is 0. The van der Waals surface area contributed by atoms with Crippen molar-refractivity contribution in [2.24, 2.45) is 5.92 Å². The van der Waals surface area contributed by atoms with Crippen molar-refractivity contribution >= 4 is 11.9 Å². The number of carboxylic acid groups (broad SMARTS) is 1. The highest BCUT2D eigenvalue weighted by Gasteiger charge is 2.28. The van der Waals surface area contributed by atoms with Crippen LogP contribution in [0.15, 0.2) is 0 Å². The molecule has 0 aliphatic heterocycles. The van der Waals surface area contributed by atoms with Crippen molar-refractivity contribution in [1.82, 2.24) is 5.32 Å². The standard InChI is InChI=1S/C11H19NO3/c1-8(13)12-10-7-5-3-2-4-6-9(10)11(14)15/h9-10H,2-7H2,1H3,(H,12,13)(H,14,15). The van der Waals surface area contributed by atoms with Crippen molar-refractivity contribution in [3.8, 4) is 0 Å². The van der Waals surface area contributed by atoms with E-state index in [1.165, 1.54) is 6.92 Å². The molecule has 2 unspecified atom stereocenters. The van der Waals surface area contributed by atoms with E-state index in [0.717, 1.165) is 32.1 Å². The Morgan fingerprint density at radius 1 is 1.13 bits per heavy atom. The van der Waals surface area contributed by atoms with Crippen LogP contribution in [-0.4, -0.2) is 23.0 Å². The molecular formula is C11H19NO3. The maximum absolute atomic E-state index is 11.1. The molecule has 0 spiro atoms. The molecule has 15 heavy (non-hydrogen) atoms. The summed E-state index contributed by atoms with van der Waals surface area (Å²) in [5.41, 5.74) is 0. The molecule has 4 nitrogen and oxygen atoms in total. The molecule has 0 heterocycles. The summed E-state index contributed by atoms with van der Waals surface area (Å²) in [4.78, 5) is 22.0. The van der Waals surface area contributed by atoms with Crippen LogP contribution in [0.3, 0.4) is 0 Å². The zero-order valence-electron chi connectivity index (χ0n) is 9.16. The molecule has 1 aliphatic rings. The molecule has 1 saturated carbocycles. The zero-order chi connectivity index (χ0) is 11.3. The van der Waals surface area contributed by atoms with Crippen molar-refractivity contribution < 1.29 is 14.7 Å². The second kappa shape index (κ2) is 5.73. The topological polar surface area (TPSA) is 66.4 Å². The predicted molar refractivity (Wildman–Crippen MR) is 56.4 cm³/mol. The van der Waals surface area contributed by atoms with E-state index in [1.54, 1.807) is 0 Å². The molecule has 0 aromatic rings. The number of carbonyl (C=O) groups excluding carboxylic acids is 1. The first kappa shape index (κ1) is 12.0. The highest BCUT2D eigenvalue weighted by atomic mass is 16.4. The summed E-state index contributed by atoms with van der Waals surface area (Å²) in [7, 11) is 0. The molecule has 1 fully saturated rings. The van der Waals surface area contributed by atoms with Gasteiger partial charge >= 0.3 is 5.97 Å². The van der Waals surface area contributed by atoms with E-state index in [-0.39, 0.29) is 11.9 Å². The fourth-order valence-corrected chi connectivity index (χ4v) is 2.21. The Morgan fingerprint density at radius 2 is 1.73 bits per heavy atom. The number of nitrogens with one attached hydrogen (secondary N) is 1. The van der Waals surface area contributed by atoms with Crippen molar-refractivity contribution in [3.05, 3.63) is 0 Å². The third-order valence-corrected chi connectivity index (χ3v) is 2.97. The van der Waals surface area contributed by atoms with Gasteiger partial charge in [-0.25, -0.2) is 0 Å². The number of hydrogen-bond donors (Lipinski definition) is 2. The fraction of sp³-hybridized carbons (Fsp3) is 0.818. The Hall–Kier alpha value is -1.06. The van der Waals surface area contributed by atoms with Crippen LogP contribution in [0.1, 0.15) is 45.4 Å². The minimum Gasteiger partial charge on any atom is -0.481 e. The Kier molecular flexibility index (Phi) is 4.59. The summed E-state index contributed by atoms with van der Waals surface area (Å²) in [6, 6.07) is -0.180. The van der Waals surface area contributed by atoms with Gasteiger partial charge in [0.25, 0.3) is 0 Å². The van der Waals surface area contributed by atoms with E-state index in [0.29, 0.717) is 6.42 Å². The van der Waals surface area contributed by atoms with Crippen LogP contribution in [-0.2, 0) is 9.59 Å². The molecule has 0 bridgehead atoms. The number of carbonyl (C=O) groups is 2. The van der Waals surface area contributed by atoms with Gasteiger partial charge in [0, 0.05) is 13.0 Å². The van der Waals surface area contributed by atoms with Gasteiger partial charge in [0.15, 0.2) is 0 Å². The van der Waals surface area contributed by atoms with Crippen LogP contribution in [0.25, 0.3) is 0 Å². The highest BCUT2D eigenvalue weighted by Crippen LogP contribution is 2.23. The molecule has 1 rings (SSSR count). The molecule has 0 aromatic carbocycles. The van der Waals surface area contributed by atoms with Gasteiger partial charge < -0.3 is 10.4 Å². The lowest BCUT2D eigenvalue weighted by molar-refractivity contribution is -0.143. The molecule has 4 heteroatoms. The molecule has 2 atom stereocenters. The third-order valence-electron chi connectivity index (χ3n) is 2.97. The average molecular weight is 213 g/mol. The van der Waals surface area contributed by atoms with E-state index >= 15 is 0 Å². The lowest BCUT2D eigenvalue weighted by Crippen LogP contribution is -2.43. The van der Waals surface area contributed by atoms with Gasteiger partial charge in [-0.3, -0.25) is 9.59 Å². The number of carboxylic acids is 1. The molecule has 0 radical (unpaired) electrons. The summed E-state index contributed by atoms with van der Waals surface area (Å²) < 4.78 is 0. The van der Waals surface area contributed by atoms with Gasteiger partial charge in [-0.05, 0) is 12.8 Å². The predicted octanol–water partition coefficient (Wildman–Crippen LogP) is 1.55. The SMILES string of the molecule is CC(=O)NC1CCCCCCC1C(=O)O. The average Bonchev–Trinajstić information content (AvgIpc) is 2.08. The second-order valence-electron chi connectivity index (χ2n) is 4.24. The summed E-state index contributed by atoms with van der Waals surface area (Å²) in [6.07, 6.45) is 5.68. The molecule has 0 saturated heterocycles. The minimum absolute atomic E-state index is 0.133. The lowest BCUT2D eigenvalue weighted by atomic mass is 9.87. The Balaban J connectivity index is 2.64. The number of amides is 1. The second-order valence-corrected chi connectivity index (χ2v) is 4.24. The van der Waals surface area contributed by atoms with E-state index in [9.17, 15) is 9.59 Å². The summed E-state index contributed by atoms with van der Waals surface area (Å²) in [5, 5.41) is 11.8. The normalized spacial score (nSPS) is 27.5. The van der Waals surface area contributed by atoms with Gasteiger partial charge in [-0.15, -0.1) is 0 Å². The Labute approximate surface area is 90.0 Å². The van der Waals surface area contributed by atoms with Gasteiger partial charge in [0.1, 0.15) is 0 Å². The largest absolute Gasteiger partial charge is 0.481 e. The first-order valence-electron chi connectivity index (χ1n) is 5.61. The number of hydrogen-bond acceptors (Lipinski definition) is 2. The lowest BCUT2D eigenvalue weighted by Gasteiger charge is -2.26. The zero-order valence-corrected chi connectivity index (χ0v) is 9.16. The van der Waals surface area contributed by atoms with Crippen LogP contribution in [0.5, 0.6) is 0 Å². The van der Waals surface area contributed by atoms with Crippen molar-refractivity contribution in [2.75, 3.05) is 0 Å². The first-order chi connectivity index (χ1) is 7.11. The van der Waals surface area contributed by atoms with E-state index < -0.39 is 11.9 Å². The van der Waals surface area contributed by atoms with E-state index in [2.05, 4.69) is 5.32 Å². The van der Waals surface area contributed by atoms with Gasteiger partial charge in [0.05, 0.1) is 5.92 Å². The van der Waals surface area contributed by atoms with Crippen LogP contribution in [0.4, 0.5) is 0 Å². The van der Waals surface area contributed by atoms with Gasteiger partial charge in [0.2, 0.25) is 5.91 Å². The quantitative estimate of drug-likeness (QED) is 0.731. The molecule has 1 amide bonds. The van der Waals surface area contributed by atoms with Crippen molar-refractivity contribution in [3.63, 3.8) is 0 Å². The van der Waals surface area contributed by atoms with Crippen LogP contribution in [0, 0.1) is 5.92 Å². The third kappa shape index (κ3) is 3.90. The monoisotopic (exact) mass is 213 g/mol. The van der Waals surface area contributed by atoms with Crippen molar-refractivity contribution in [1.29, 1.82) is 0 Å². The number of rotatable bonds is 2. The highest BCUT2D eigenvalue weighted by molar-refractivity contribution is 5.76. The van der Waals surface area contributed by atoms with Crippen LogP contribution >= 0.6 is 0 Å². The molecule has 1 aliphatic carbocycles. The van der Waals surface area contributed by atoms with Gasteiger partial charge in [-0.2, -0.15) is 0 Å². The molecule has 2 N–H and O–H groups in total. The van der Waals surface area contributed by atoms with Gasteiger partial charge in [-0.1, -0.05) is 25.7 Å². The van der Waals surface area contributed by atoms with Crippen LogP contribution < -0.4 is 5.32 Å². The Morgan fingerprint density at radius 3 is 2.27 bits per heavy atom. The fourth-order valence-electron chi connectivity index (χ4n) is 2.21. The molecular weight excluding hydrogens is 194 g/mol. The van der Waals surface area contributed by atoms with Crippen molar-refractivity contribution in [2.45, 2.75) is 51.5 Å². The van der Waals surface area contributed by atoms with Crippen LogP contribution in [0.2, 0.25) is 0 Å². The molecule has 86 valence electrons. The summed E-state index contributed by atoms with van der Waals surface area (Å²) in [5.74, 6) is -1.32. The maximum Gasteiger partial charge on any atom is 0.308 e. The maximum atomic E-state index is 11.1. The minimum atomic E-state index is -0.782. The molecule has 0 aromatic heterocycles. The smallest absolute Gasteiger partial charge is 0.308 e. The summed E-state index contributed by atoms with van der Waals surface area (Å²) in [6.45, 7) is 1.44. The van der Waals surface area contributed by atoms with E-state index in [1.807, 2.05) is 0 Å². The number of aliphatic carboxylic acids is 1. The Bertz CT molecular complexity index is 240. The van der Waals surface area contributed by atoms with E-state index in [4.69, 9.17) is 5.11 Å².